The second kappa shape index (κ2) is 2.81. The molecule has 0 fully saturated rings. The van der Waals surface area contributed by atoms with Gasteiger partial charge in [0.1, 0.15) is 0 Å². The Balaban J connectivity index is 3.11. The van der Waals surface area contributed by atoms with Crippen LogP contribution in [0.3, 0.4) is 0 Å². The Labute approximate surface area is 72.3 Å². The van der Waals surface area contributed by atoms with Crippen molar-refractivity contribution in [3.63, 3.8) is 0 Å². The topological polar surface area (TPSA) is 20.7 Å². The molecule has 0 spiro atoms. The first-order valence-corrected chi connectivity index (χ1v) is 4.25. The van der Waals surface area contributed by atoms with Crippen molar-refractivity contribution >= 4 is 12.2 Å². The molecular formula is C8H14N2S. The fourth-order valence-corrected chi connectivity index (χ4v) is 1.34. The van der Waals surface area contributed by atoms with Gasteiger partial charge in [0, 0.05) is 17.9 Å². The summed E-state index contributed by atoms with van der Waals surface area (Å²) >= 11 is 5.11. The third-order valence-electron chi connectivity index (χ3n) is 2.17. The van der Waals surface area contributed by atoms with E-state index in [1.165, 1.54) is 0 Å². The minimum absolute atomic E-state index is 0.136. The fourth-order valence-electron chi connectivity index (χ4n) is 0.967. The van der Waals surface area contributed by atoms with Gasteiger partial charge in [-0.15, -0.1) is 0 Å². The van der Waals surface area contributed by atoms with Crippen molar-refractivity contribution in [3.8, 4) is 0 Å². The maximum Gasteiger partial charge on any atom is 0.177 e. The van der Waals surface area contributed by atoms with Gasteiger partial charge in [-0.1, -0.05) is 6.92 Å². The van der Waals surface area contributed by atoms with Crippen molar-refractivity contribution < 1.29 is 0 Å². The van der Waals surface area contributed by atoms with E-state index >= 15 is 0 Å². The number of hydrogen-bond donors (Lipinski definition) is 1. The second-order valence-corrected chi connectivity index (χ2v) is 3.69. The van der Waals surface area contributed by atoms with E-state index in [2.05, 4.69) is 30.3 Å². The predicted molar refractivity (Wildman–Crippen MR) is 49.2 cm³/mol. The van der Waals surface area contributed by atoms with Crippen molar-refractivity contribution in [2.24, 2.45) is 0 Å². The van der Waals surface area contributed by atoms with Crippen LogP contribution in [-0.4, -0.2) is 9.55 Å². The van der Waals surface area contributed by atoms with Gasteiger partial charge in [-0.25, -0.2) is 0 Å². The predicted octanol–water partition coefficient (Wildman–Crippen LogP) is 2.69. The van der Waals surface area contributed by atoms with E-state index in [9.17, 15) is 0 Å². The van der Waals surface area contributed by atoms with E-state index in [0.29, 0.717) is 0 Å². The molecule has 0 saturated carbocycles. The number of H-pyrrole nitrogens is 1. The van der Waals surface area contributed by atoms with Crippen molar-refractivity contribution in [1.29, 1.82) is 0 Å². The van der Waals surface area contributed by atoms with Gasteiger partial charge in [0.2, 0.25) is 0 Å². The zero-order chi connectivity index (χ0) is 8.48. The maximum atomic E-state index is 5.11. The SMILES string of the molecule is CCC(C)(C)n1cc[nH]c1=S. The smallest absolute Gasteiger partial charge is 0.177 e. The molecule has 3 heteroatoms. The van der Waals surface area contributed by atoms with Gasteiger partial charge in [-0.2, -0.15) is 0 Å². The lowest BCUT2D eigenvalue weighted by Crippen LogP contribution is -2.24. The van der Waals surface area contributed by atoms with Crippen LogP contribution in [0.1, 0.15) is 27.2 Å². The van der Waals surface area contributed by atoms with Crippen LogP contribution in [0, 0.1) is 4.77 Å². The molecule has 0 aliphatic heterocycles. The first-order chi connectivity index (χ1) is 5.08. The lowest BCUT2D eigenvalue weighted by atomic mass is 10.0. The van der Waals surface area contributed by atoms with E-state index in [4.69, 9.17) is 12.2 Å². The normalized spacial score (nSPS) is 11.9. The number of imidazole rings is 1. The van der Waals surface area contributed by atoms with E-state index in [-0.39, 0.29) is 5.54 Å². The Bertz CT molecular complexity index is 282. The average Bonchev–Trinajstić information content (AvgIpc) is 2.36. The summed E-state index contributed by atoms with van der Waals surface area (Å²) in [6.45, 7) is 6.52. The molecule has 0 saturated heterocycles. The highest BCUT2D eigenvalue weighted by atomic mass is 32.1. The third-order valence-corrected chi connectivity index (χ3v) is 2.48. The highest BCUT2D eigenvalue weighted by Crippen LogP contribution is 2.18. The van der Waals surface area contributed by atoms with Crippen molar-refractivity contribution in [1.82, 2.24) is 9.55 Å². The first-order valence-electron chi connectivity index (χ1n) is 3.84. The number of hydrogen-bond acceptors (Lipinski definition) is 1. The van der Waals surface area contributed by atoms with Crippen molar-refractivity contribution in [2.45, 2.75) is 32.7 Å². The standard InChI is InChI=1S/C8H14N2S/c1-4-8(2,3)10-6-5-9-7(10)11/h5-6H,4H2,1-3H3,(H,9,11). The van der Waals surface area contributed by atoms with Gasteiger partial charge < -0.3 is 9.55 Å². The highest BCUT2D eigenvalue weighted by molar-refractivity contribution is 7.71. The summed E-state index contributed by atoms with van der Waals surface area (Å²) in [5, 5.41) is 0. The first kappa shape index (κ1) is 8.53. The summed E-state index contributed by atoms with van der Waals surface area (Å²) in [5.41, 5.74) is 0.136. The Morgan fingerprint density at radius 2 is 2.27 bits per heavy atom. The average molecular weight is 170 g/mol. The van der Waals surface area contributed by atoms with Crippen LogP contribution in [0.15, 0.2) is 12.4 Å². The van der Waals surface area contributed by atoms with Gasteiger partial charge in [0.05, 0.1) is 0 Å². The summed E-state index contributed by atoms with van der Waals surface area (Å²) in [6, 6.07) is 0. The molecule has 0 amide bonds. The maximum absolute atomic E-state index is 5.11. The van der Waals surface area contributed by atoms with E-state index < -0.39 is 0 Å². The molecule has 0 aliphatic carbocycles. The number of nitrogens with one attached hydrogen (secondary N) is 1. The van der Waals surface area contributed by atoms with Gasteiger partial charge >= 0.3 is 0 Å². The van der Waals surface area contributed by atoms with E-state index in [1.54, 1.807) is 0 Å². The lowest BCUT2D eigenvalue weighted by Gasteiger charge is -2.24. The van der Waals surface area contributed by atoms with Gasteiger partial charge in [0.25, 0.3) is 0 Å². The largest absolute Gasteiger partial charge is 0.337 e. The number of rotatable bonds is 2. The van der Waals surface area contributed by atoms with E-state index in [1.807, 2.05) is 12.4 Å². The van der Waals surface area contributed by atoms with Crippen LogP contribution in [-0.2, 0) is 5.54 Å². The van der Waals surface area contributed by atoms with Crippen LogP contribution in [0.25, 0.3) is 0 Å². The van der Waals surface area contributed by atoms with Crippen LogP contribution in [0.2, 0.25) is 0 Å². The molecule has 0 bridgehead atoms. The number of aromatic amines is 1. The number of nitrogens with zero attached hydrogens (tertiary/aromatic N) is 1. The zero-order valence-electron chi connectivity index (χ0n) is 7.22. The summed E-state index contributed by atoms with van der Waals surface area (Å²) in [4.78, 5) is 2.99. The molecule has 0 unspecified atom stereocenters. The Hall–Kier alpha value is -0.570. The van der Waals surface area contributed by atoms with Crippen LogP contribution in [0.4, 0.5) is 0 Å². The van der Waals surface area contributed by atoms with Gasteiger partial charge in [0.15, 0.2) is 4.77 Å². The van der Waals surface area contributed by atoms with Gasteiger partial charge in [-0.3, -0.25) is 0 Å². The molecule has 0 atom stereocenters. The molecule has 1 aromatic rings. The summed E-state index contributed by atoms with van der Waals surface area (Å²) < 4.78 is 2.89. The molecule has 0 aromatic carbocycles. The quantitative estimate of drug-likeness (QED) is 0.677. The second-order valence-electron chi connectivity index (χ2n) is 3.30. The van der Waals surface area contributed by atoms with Crippen LogP contribution >= 0.6 is 12.2 Å². The molecule has 1 heterocycles. The Morgan fingerprint density at radius 1 is 1.64 bits per heavy atom. The van der Waals surface area contributed by atoms with Crippen LogP contribution in [0.5, 0.6) is 0 Å². The van der Waals surface area contributed by atoms with E-state index in [0.717, 1.165) is 11.2 Å². The molecular weight excluding hydrogens is 156 g/mol. The molecule has 2 nitrogen and oxygen atoms in total. The lowest BCUT2D eigenvalue weighted by molar-refractivity contribution is 0.338. The zero-order valence-corrected chi connectivity index (χ0v) is 8.03. The number of aromatic nitrogens is 2. The Morgan fingerprint density at radius 3 is 2.64 bits per heavy atom. The molecule has 11 heavy (non-hydrogen) atoms. The van der Waals surface area contributed by atoms with Crippen LogP contribution < -0.4 is 0 Å². The van der Waals surface area contributed by atoms with Crippen molar-refractivity contribution in [2.75, 3.05) is 0 Å². The fraction of sp³-hybridized carbons (Fsp3) is 0.625. The summed E-state index contributed by atoms with van der Waals surface area (Å²) in [5.74, 6) is 0. The third kappa shape index (κ3) is 1.53. The Kier molecular flexibility index (Phi) is 2.18. The minimum Gasteiger partial charge on any atom is -0.337 e. The molecule has 0 radical (unpaired) electrons. The van der Waals surface area contributed by atoms with Crippen molar-refractivity contribution in [3.05, 3.63) is 17.2 Å². The monoisotopic (exact) mass is 170 g/mol. The van der Waals surface area contributed by atoms with Gasteiger partial charge in [-0.05, 0) is 32.5 Å². The highest BCUT2D eigenvalue weighted by Gasteiger charge is 2.16. The molecule has 1 aromatic heterocycles. The molecule has 1 N–H and O–H groups in total. The molecule has 0 aliphatic rings. The summed E-state index contributed by atoms with van der Waals surface area (Å²) in [7, 11) is 0. The minimum atomic E-state index is 0.136. The molecule has 62 valence electrons. The molecule has 1 rings (SSSR count). The summed E-state index contributed by atoms with van der Waals surface area (Å²) in [6.07, 6.45) is 4.95.